The molecule has 0 unspecified atom stereocenters. The van der Waals surface area contributed by atoms with E-state index in [-0.39, 0.29) is 12.6 Å². The van der Waals surface area contributed by atoms with Crippen molar-refractivity contribution in [3.05, 3.63) is 29.3 Å². The van der Waals surface area contributed by atoms with Crippen LogP contribution in [0.1, 0.15) is 11.1 Å². The quantitative estimate of drug-likeness (QED) is 0.645. The fraction of sp³-hybridized carbons (Fsp3) is 0.562. The molecule has 0 aromatic heterocycles. The zero-order valence-electron chi connectivity index (χ0n) is 14.7. The van der Waals surface area contributed by atoms with Crippen LogP contribution < -0.4 is 5.32 Å². The van der Waals surface area contributed by atoms with Gasteiger partial charge in [0.15, 0.2) is 0 Å². The zero-order valence-corrected chi connectivity index (χ0v) is 14.7. The molecule has 0 spiro atoms. The maximum atomic E-state index is 12.8. The van der Waals surface area contributed by atoms with Gasteiger partial charge in [0.2, 0.25) is 5.91 Å². The SMILES string of the molecule is COCCN(CCOC)CC(=O)Nc1cc(C(F)(F)F)cc(C(F)(F)F)c1. The third kappa shape index (κ3) is 8.14. The number of ether oxygens (including phenoxy) is 2. The number of anilines is 1. The second-order valence-electron chi connectivity index (χ2n) is 5.60. The number of rotatable bonds is 9. The van der Waals surface area contributed by atoms with Crippen LogP contribution in [0.3, 0.4) is 0 Å². The molecule has 0 fully saturated rings. The normalized spacial score (nSPS) is 12.5. The fourth-order valence-electron chi connectivity index (χ4n) is 2.14. The van der Waals surface area contributed by atoms with Gasteiger partial charge < -0.3 is 14.8 Å². The molecule has 0 radical (unpaired) electrons. The first-order valence-electron chi connectivity index (χ1n) is 7.77. The number of methoxy groups -OCH3 is 2. The molecule has 1 aromatic carbocycles. The summed E-state index contributed by atoms with van der Waals surface area (Å²) in [6.07, 6.45) is -9.96. The van der Waals surface area contributed by atoms with Crippen LogP contribution in [0.5, 0.6) is 0 Å². The molecule has 1 rings (SSSR count). The minimum absolute atomic E-state index is 0.000859. The van der Waals surface area contributed by atoms with Crippen LogP contribution in [0.15, 0.2) is 18.2 Å². The monoisotopic (exact) mass is 402 g/mol. The van der Waals surface area contributed by atoms with Crippen molar-refractivity contribution in [2.75, 3.05) is 52.4 Å². The summed E-state index contributed by atoms with van der Waals surface area (Å²) >= 11 is 0. The number of hydrogen-bond donors (Lipinski definition) is 1. The molecule has 5 nitrogen and oxygen atoms in total. The van der Waals surface area contributed by atoms with E-state index in [1.165, 1.54) is 14.2 Å². The zero-order chi connectivity index (χ0) is 20.7. The van der Waals surface area contributed by atoms with E-state index in [2.05, 4.69) is 5.32 Å². The maximum absolute atomic E-state index is 12.8. The molecule has 0 saturated carbocycles. The first-order valence-corrected chi connectivity index (χ1v) is 7.77. The Balaban J connectivity index is 2.96. The fourth-order valence-corrected chi connectivity index (χ4v) is 2.14. The molecular weight excluding hydrogens is 382 g/mol. The van der Waals surface area contributed by atoms with E-state index < -0.39 is 35.1 Å². The number of carbonyl (C=O) groups excluding carboxylic acids is 1. The highest BCUT2D eigenvalue weighted by atomic mass is 19.4. The predicted molar refractivity (Wildman–Crippen MR) is 85.3 cm³/mol. The number of hydrogen-bond acceptors (Lipinski definition) is 4. The second-order valence-corrected chi connectivity index (χ2v) is 5.60. The van der Waals surface area contributed by atoms with Gasteiger partial charge in [0, 0.05) is 33.0 Å². The minimum atomic E-state index is -4.98. The second kappa shape index (κ2) is 9.90. The van der Waals surface area contributed by atoms with Crippen molar-refractivity contribution in [2.24, 2.45) is 0 Å². The Morgan fingerprint density at radius 2 is 1.37 bits per heavy atom. The van der Waals surface area contributed by atoms with Crippen LogP contribution in [0.25, 0.3) is 0 Å². The van der Waals surface area contributed by atoms with Crippen LogP contribution in [0.2, 0.25) is 0 Å². The first-order chi connectivity index (χ1) is 12.5. The molecule has 0 atom stereocenters. The number of halogens is 6. The van der Waals surface area contributed by atoms with Crippen molar-refractivity contribution < 1.29 is 40.6 Å². The van der Waals surface area contributed by atoms with Crippen molar-refractivity contribution in [2.45, 2.75) is 12.4 Å². The molecule has 11 heteroatoms. The molecule has 0 heterocycles. The lowest BCUT2D eigenvalue weighted by atomic mass is 10.1. The number of amides is 1. The summed E-state index contributed by atoms with van der Waals surface area (Å²) in [6, 6.07) is 0.919. The van der Waals surface area contributed by atoms with E-state index in [4.69, 9.17) is 9.47 Å². The molecule has 0 bridgehead atoms. The minimum Gasteiger partial charge on any atom is -0.383 e. The van der Waals surface area contributed by atoms with Crippen LogP contribution in [0.4, 0.5) is 32.0 Å². The lowest BCUT2D eigenvalue weighted by Crippen LogP contribution is -2.37. The molecule has 0 saturated heterocycles. The van der Waals surface area contributed by atoms with Gasteiger partial charge in [-0.15, -0.1) is 0 Å². The first kappa shape index (κ1) is 23.2. The molecule has 1 aromatic rings. The highest BCUT2D eigenvalue weighted by molar-refractivity contribution is 5.92. The summed E-state index contributed by atoms with van der Waals surface area (Å²) in [5.41, 5.74) is -3.58. The molecule has 27 heavy (non-hydrogen) atoms. The predicted octanol–water partition coefficient (Wildman–Crippen LogP) is 3.26. The summed E-state index contributed by atoms with van der Waals surface area (Å²) in [7, 11) is 2.91. The number of benzene rings is 1. The van der Waals surface area contributed by atoms with E-state index in [1.54, 1.807) is 4.90 Å². The van der Waals surface area contributed by atoms with Gasteiger partial charge in [-0.05, 0) is 18.2 Å². The van der Waals surface area contributed by atoms with Crippen LogP contribution in [-0.4, -0.2) is 57.9 Å². The van der Waals surface area contributed by atoms with E-state index in [0.717, 1.165) is 0 Å². The number of nitrogens with zero attached hydrogens (tertiary/aromatic N) is 1. The van der Waals surface area contributed by atoms with Crippen LogP contribution >= 0.6 is 0 Å². The highest BCUT2D eigenvalue weighted by Crippen LogP contribution is 2.37. The van der Waals surface area contributed by atoms with Gasteiger partial charge >= 0.3 is 12.4 Å². The summed E-state index contributed by atoms with van der Waals surface area (Å²) in [5, 5.41) is 2.09. The van der Waals surface area contributed by atoms with E-state index >= 15 is 0 Å². The number of alkyl halides is 6. The van der Waals surface area contributed by atoms with Crippen LogP contribution in [0, 0.1) is 0 Å². The average molecular weight is 402 g/mol. The van der Waals surface area contributed by atoms with Gasteiger partial charge in [-0.2, -0.15) is 26.3 Å². The lowest BCUT2D eigenvalue weighted by Gasteiger charge is -2.21. The Kier molecular flexibility index (Phi) is 8.51. The van der Waals surface area contributed by atoms with Crippen molar-refractivity contribution in [3.8, 4) is 0 Å². The van der Waals surface area contributed by atoms with Crippen molar-refractivity contribution in [1.29, 1.82) is 0 Å². The highest BCUT2D eigenvalue weighted by Gasteiger charge is 2.37. The van der Waals surface area contributed by atoms with Crippen LogP contribution in [-0.2, 0) is 26.6 Å². The lowest BCUT2D eigenvalue weighted by molar-refractivity contribution is -0.143. The molecule has 0 aliphatic carbocycles. The van der Waals surface area contributed by atoms with Crippen molar-refractivity contribution >= 4 is 11.6 Å². The van der Waals surface area contributed by atoms with Gasteiger partial charge in [-0.25, -0.2) is 0 Å². The van der Waals surface area contributed by atoms with Crippen molar-refractivity contribution in [1.82, 2.24) is 4.90 Å². The molecular formula is C16H20F6N2O3. The molecule has 1 amide bonds. The maximum Gasteiger partial charge on any atom is 0.416 e. The molecule has 0 aliphatic heterocycles. The van der Waals surface area contributed by atoms with E-state index in [0.29, 0.717) is 38.4 Å². The summed E-state index contributed by atoms with van der Waals surface area (Å²) in [6.45, 7) is 1.01. The number of nitrogens with one attached hydrogen (secondary N) is 1. The largest absolute Gasteiger partial charge is 0.416 e. The number of carbonyl (C=O) groups is 1. The summed E-state index contributed by atoms with van der Waals surface area (Å²) < 4.78 is 86.9. The smallest absolute Gasteiger partial charge is 0.383 e. The topological polar surface area (TPSA) is 50.8 Å². The summed E-state index contributed by atoms with van der Waals surface area (Å²) in [5.74, 6) is -0.755. The Labute approximate surface area is 152 Å². The van der Waals surface area contributed by atoms with E-state index in [1.807, 2.05) is 0 Å². The Morgan fingerprint density at radius 1 is 0.926 bits per heavy atom. The average Bonchev–Trinajstić information content (AvgIpc) is 2.55. The molecule has 0 aliphatic rings. The van der Waals surface area contributed by atoms with Gasteiger partial charge in [0.25, 0.3) is 0 Å². The molecule has 1 N–H and O–H groups in total. The third-order valence-electron chi connectivity index (χ3n) is 3.46. The Hall–Kier alpha value is -1.85. The molecule has 154 valence electrons. The van der Waals surface area contributed by atoms with E-state index in [9.17, 15) is 31.1 Å². The van der Waals surface area contributed by atoms with Crippen molar-refractivity contribution in [3.63, 3.8) is 0 Å². The van der Waals surface area contributed by atoms with Gasteiger partial charge in [-0.1, -0.05) is 0 Å². The van der Waals surface area contributed by atoms with Gasteiger partial charge in [-0.3, -0.25) is 9.69 Å². The van der Waals surface area contributed by atoms with Gasteiger partial charge in [0.05, 0.1) is 30.9 Å². The van der Waals surface area contributed by atoms with Gasteiger partial charge in [0.1, 0.15) is 0 Å². The third-order valence-corrected chi connectivity index (χ3v) is 3.46. The Morgan fingerprint density at radius 3 is 1.74 bits per heavy atom. The summed E-state index contributed by atoms with van der Waals surface area (Å²) in [4.78, 5) is 13.7. The Bertz CT molecular complexity index is 579. The standard InChI is InChI=1S/C16H20F6N2O3/c1-26-5-3-24(4-6-27-2)10-14(25)23-13-8-11(15(17,18)19)7-12(9-13)16(20,21)22/h7-9H,3-6,10H2,1-2H3,(H,23,25).